The minimum absolute atomic E-state index is 0. The normalized spacial score (nSPS) is 11.6. The van der Waals surface area contributed by atoms with E-state index in [1.54, 1.807) is 0 Å². The van der Waals surface area contributed by atoms with Gasteiger partial charge in [-0.25, -0.2) is 0 Å². The fraction of sp³-hybridized carbons (Fsp3) is 0.375. The summed E-state index contributed by atoms with van der Waals surface area (Å²) in [7, 11) is 0. The predicted molar refractivity (Wildman–Crippen MR) is 40.9 cm³/mol. The standard InChI is InChI=1S/C5H7.3CH3.Zr/c1-2-4-5-3-1;;;;/h1H,2,4-5H2;3*1H3;/q4*-1;+4. The SMILES string of the molecule is [C-]1=CCCC1.[CH3-].[CH3-].[CH3-].[Zr+4]. The van der Waals surface area contributed by atoms with Crippen molar-refractivity contribution in [1.82, 2.24) is 0 Å². The van der Waals surface area contributed by atoms with Crippen molar-refractivity contribution < 1.29 is 26.2 Å². The van der Waals surface area contributed by atoms with E-state index in [0.29, 0.717) is 0 Å². The minimum atomic E-state index is 0. The van der Waals surface area contributed by atoms with Gasteiger partial charge in [-0.05, 0) is 0 Å². The average Bonchev–Trinajstić information content (AvgIpc) is 1.76. The molecule has 0 radical (unpaired) electrons. The van der Waals surface area contributed by atoms with E-state index in [1.807, 2.05) is 0 Å². The third kappa shape index (κ3) is 12.0. The van der Waals surface area contributed by atoms with Gasteiger partial charge in [-0.1, -0.05) is 12.8 Å². The van der Waals surface area contributed by atoms with Gasteiger partial charge in [0.25, 0.3) is 0 Å². The smallest absolute Gasteiger partial charge is 0.501 e. The molecule has 0 aliphatic heterocycles. The number of hydrogen-bond donors (Lipinski definition) is 0. The first-order valence-corrected chi connectivity index (χ1v) is 2.05. The van der Waals surface area contributed by atoms with Crippen LogP contribution in [0.15, 0.2) is 6.08 Å². The van der Waals surface area contributed by atoms with Gasteiger partial charge < -0.3 is 28.4 Å². The Bertz CT molecular complexity index is 42.5. The Morgan fingerprint density at radius 3 is 1.78 bits per heavy atom. The van der Waals surface area contributed by atoms with E-state index < -0.39 is 0 Å². The summed E-state index contributed by atoms with van der Waals surface area (Å²) in [4.78, 5) is 0. The molecule has 0 nitrogen and oxygen atoms in total. The van der Waals surface area contributed by atoms with E-state index in [4.69, 9.17) is 0 Å². The van der Waals surface area contributed by atoms with Gasteiger partial charge in [-0.2, -0.15) is 6.42 Å². The van der Waals surface area contributed by atoms with E-state index in [0.717, 1.165) is 0 Å². The van der Waals surface area contributed by atoms with Crippen molar-refractivity contribution in [3.05, 3.63) is 34.4 Å². The van der Waals surface area contributed by atoms with Crippen LogP contribution in [0.5, 0.6) is 0 Å². The Morgan fingerprint density at radius 2 is 1.67 bits per heavy atom. The Balaban J connectivity index is -0.0000000312. The summed E-state index contributed by atoms with van der Waals surface area (Å²) in [5.41, 5.74) is 0. The molecule has 0 saturated carbocycles. The van der Waals surface area contributed by atoms with E-state index >= 15 is 0 Å². The summed E-state index contributed by atoms with van der Waals surface area (Å²) in [6, 6.07) is 0. The van der Waals surface area contributed by atoms with Crippen molar-refractivity contribution in [2.75, 3.05) is 0 Å². The minimum Gasteiger partial charge on any atom is -0.501 e. The predicted octanol–water partition coefficient (Wildman–Crippen LogP) is 2.88. The van der Waals surface area contributed by atoms with Gasteiger partial charge in [0, 0.05) is 0 Å². The molecular formula is C8H16Zr. The van der Waals surface area contributed by atoms with Crippen molar-refractivity contribution in [2.45, 2.75) is 19.3 Å². The number of allylic oxidation sites excluding steroid dienone is 2. The molecule has 0 heterocycles. The van der Waals surface area contributed by atoms with Gasteiger partial charge in [0.1, 0.15) is 0 Å². The Hall–Kier alpha value is 0.623. The van der Waals surface area contributed by atoms with Crippen LogP contribution in [0.3, 0.4) is 0 Å². The van der Waals surface area contributed by atoms with Crippen LogP contribution < -0.4 is 0 Å². The molecule has 0 bridgehead atoms. The zero-order chi connectivity index (χ0) is 3.54. The van der Waals surface area contributed by atoms with Crippen molar-refractivity contribution in [1.29, 1.82) is 0 Å². The first-order valence-electron chi connectivity index (χ1n) is 2.05. The molecule has 1 aliphatic rings. The van der Waals surface area contributed by atoms with E-state index in [2.05, 4.69) is 12.2 Å². The Labute approximate surface area is 79.9 Å². The molecule has 1 aliphatic carbocycles. The molecule has 1 heteroatoms. The zero-order valence-electron chi connectivity index (χ0n) is 6.70. The summed E-state index contributed by atoms with van der Waals surface area (Å²) in [5, 5.41) is 0. The fourth-order valence-corrected chi connectivity index (χ4v) is 0.510. The van der Waals surface area contributed by atoms with Crippen LogP contribution in [0.1, 0.15) is 19.3 Å². The van der Waals surface area contributed by atoms with Gasteiger partial charge in [0.05, 0.1) is 0 Å². The molecule has 0 fully saturated rings. The molecule has 0 saturated heterocycles. The molecule has 0 aromatic rings. The van der Waals surface area contributed by atoms with Crippen LogP contribution in [0.25, 0.3) is 0 Å². The molecule has 52 valence electrons. The molecule has 9 heavy (non-hydrogen) atoms. The van der Waals surface area contributed by atoms with Crippen molar-refractivity contribution in [3.63, 3.8) is 0 Å². The van der Waals surface area contributed by atoms with Crippen LogP contribution >= 0.6 is 0 Å². The number of rotatable bonds is 0. The van der Waals surface area contributed by atoms with Crippen molar-refractivity contribution >= 4 is 0 Å². The molecule has 0 aromatic heterocycles. The summed E-state index contributed by atoms with van der Waals surface area (Å²) in [5.74, 6) is 0. The van der Waals surface area contributed by atoms with E-state index in [-0.39, 0.29) is 48.5 Å². The Kier molecular flexibility index (Phi) is 39.8. The molecular weight excluding hydrogens is 187 g/mol. The van der Waals surface area contributed by atoms with Crippen LogP contribution in [0.4, 0.5) is 0 Å². The van der Waals surface area contributed by atoms with Crippen molar-refractivity contribution in [3.8, 4) is 0 Å². The maximum atomic E-state index is 3.10. The third-order valence-corrected chi connectivity index (χ3v) is 0.814. The monoisotopic (exact) mass is 202 g/mol. The topological polar surface area (TPSA) is 0 Å². The van der Waals surface area contributed by atoms with Gasteiger partial charge in [-0.15, -0.1) is 0 Å². The Morgan fingerprint density at radius 1 is 1.11 bits per heavy atom. The maximum absolute atomic E-state index is 3.10. The molecule has 0 amide bonds. The van der Waals surface area contributed by atoms with Gasteiger partial charge in [-0.3, -0.25) is 6.08 Å². The summed E-state index contributed by atoms with van der Waals surface area (Å²) in [6.45, 7) is 0. The molecule has 1 rings (SSSR count). The second-order valence-electron chi connectivity index (χ2n) is 1.30. The first kappa shape index (κ1) is 22.6. The van der Waals surface area contributed by atoms with Crippen LogP contribution in [0.2, 0.25) is 0 Å². The van der Waals surface area contributed by atoms with Crippen LogP contribution in [-0.4, -0.2) is 0 Å². The van der Waals surface area contributed by atoms with Gasteiger partial charge >= 0.3 is 26.2 Å². The number of hydrogen-bond acceptors (Lipinski definition) is 0. The second-order valence-corrected chi connectivity index (χ2v) is 1.30. The quantitative estimate of drug-likeness (QED) is 0.531. The van der Waals surface area contributed by atoms with E-state index in [1.165, 1.54) is 19.3 Å². The molecule has 0 N–H and O–H groups in total. The van der Waals surface area contributed by atoms with Crippen LogP contribution in [-0.2, 0) is 26.2 Å². The average molecular weight is 203 g/mol. The second kappa shape index (κ2) is 15.8. The van der Waals surface area contributed by atoms with Crippen molar-refractivity contribution in [2.24, 2.45) is 0 Å². The summed E-state index contributed by atoms with van der Waals surface area (Å²) >= 11 is 0. The van der Waals surface area contributed by atoms with Crippen LogP contribution in [0, 0.1) is 28.4 Å². The first-order chi connectivity index (χ1) is 2.50. The zero-order valence-corrected chi connectivity index (χ0v) is 9.16. The van der Waals surface area contributed by atoms with Gasteiger partial charge in [0.2, 0.25) is 0 Å². The fourth-order valence-electron chi connectivity index (χ4n) is 0.510. The third-order valence-electron chi connectivity index (χ3n) is 0.814. The summed E-state index contributed by atoms with van der Waals surface area (Å²) < 4.78 is 0. The molecule has 0 aromatic carbocycles. The van der Waals surface area contributed by atoms with E-state index in [9.17, 15) is 0 Å². The largest absolute Gasteiger partial charge is 4.00 e. The molecule has 0 atom stereocenters. The molecule has 0 unspecified atom stereocenters. The summed E-state index contributed by atoms with van der Waals surface area (Å²) in [6.07, 6.45) is 9.00. The van der Waals surface area contributed by atoms with Gasteiger partial charge in [0.15, 0.2) is 0 Å². The maximum Gasteiger partial charge on any atom is 4.00 e. The molecule has 0 spiro atoms.